The number of hydrogen-bond donors (Lipinski definition) is 2. The molecule has 0 amide bonds. The molecule has 19 heavy (non-hydrogen) atoms. The molecular weight excluding hydrogens is 240 g/mol. The largest absolute Gasteiger partial charge is 0.381 e. The van der Waals surface area contributed by atoms with Gasteiger partial charge in [-0.05, 0) is 49.9 Å². The van der Waals surface area contributed by atoms with E-state index in [2.05, 4.69) is 19.3 Å². The summed E-state index contributed by atoms with van der Waals surface area (Å²) in [6, 6.07) is 0.248. The van der Waals surface area contributed by atoms with Crippen molar-refractivity contribution in [2.75, 3.05) is 20.3 Å². The Morgan fingerprint density at radius 3 is 2.21 bits per heavy atom. The molecule has 0 aromatic heterocycles. The number of nitrogens with two attached hydrogens (primary N) is 1. The molecule has 2 aliphatic rings. The van der Waals surface area contributed by atoms with Crippen molar-refractivity contribution in [2.24, 2.45) is 17.2 Å². The van der Waals surface area contributed by atoms with E-state index in [0.717, 1.165) is 38.9 Å². The molecule has 1 aliphatic carbocycles. The fourth-order valence-electron chi connectivity index (χ4n) is 3.76. The number of rotatable bonds is 4. The van der Waals surface area contributed by atoms with E-state index in [9.17, 15) is 0 Å². The van der Waals surface area contributed by atoms with Gasteiger partial charge in [0, 0.05) is 20.3 Å². The Labute approximate surface area is 117 Å². The Bertz CT molecular complexity index is 278. The third kappa shape index (κ3) is 3.30. The summed E-state index contributed by atoms with van der Waals surface area (Å²) >= 11 is 0. The molecule has 0 radical (unpaired) electrons. The van der Waals surface area contributed by atoms with Gasteiger partial charge in [0.25, 0.3) is 0 Å². The molecule has 3 N–H and O–H groups in total. The Morgan fingerprint density at radius 1 is 1.16 bits per heavy atom. The first-order valence-electron chi connectivity index (χ1n) is 7.62. The van der Waals surface area contributed by atoms with Crippen LogP contribution in [0.4, 0.5) is 0 Å². The predicted octanol–water partition coefficient (Wildman–Crippen LogP) is 2.23. The highest BCUT2D eigenvalue weighted by Gasteiger charge is 2.46. The maximum Gasteiger partial charge on any atom is 0.0847 e. The van der Waals surface area contributed by atoms with Crippen LogP contribution in [0.1, 0.15) is 52.4 Å². The van der Waals surface area contributed by atoms with Gasteiger partial charge < -0.3 is 9.47 Å². The Morgan fingerprint density at radius 2 is 1.74 bits per heavy atom. The van der Waals surface area contributed by atoms with E-state index < -0.39 is 0 Å². The van der Waals surface area contributed by atoms with Gasteiger partial charge in [-0.1, -0.05) is 13.8 Å². The molecule has 2 fully saturated rings. The summed E-state index contributed by atoms with van der Waals surface area (Å²) in [4.78, 5) is 0. The fourth-order valence-corrected chi connectivity index (χ4v) is 3.76. The second kappa shape index (κ2) is 6.08. The minimum Gasteiger partial charge on any atom is -0.381 e. The third-order valence-electron chi connectivity index (χ3n) is 5.34. The van der Waals surface area contributed by atoms with Crippen molar-refractivity contribution in [1.29, 1.82) is 0 Å². The molecule has 0 aromatic rings. The van der Waals surface area contributed by atoms with Crippen molar-refractivity contribution in [3.05, 3.63) is 0 Å². The molecule has 1 unspecified atom stereocenters. The normalized spacial score (nSPS) is 29.1. The highest BCUT2D eigenvalue weighted by atomic mass is 16.5. The molecule has 0 spiro atoms. The van der Waals surface area contributed by atoms with Gasteiger partial charge in [0.2, 0.25) is 0 Å². The maximum atomic E-state index is 6.00. The minimum absolute atomic E-state index is 0.0910. The van der Waals surface area contributed by atoms with Crippen LogP contribution in [-0.4, -0.2) is 32.0 Å². The molecule has 1 saturated heterocycles. The molecule has 2 rings (SSSR count). The lowest BCUT2D eigenvalue weighted by Gasteiger charge is -2.49. The van der Waals surface area contributed by atoms with Gasteiger partial charge in [0.15, 0.2) is 0 Å². The van der Waals surface area contributed by atoms with Crippen LogP contribution in [0, 0.1) is 11.3 Å². The number of hydrazine groups is 1. The second-order valence-corrected chi connectivity index (χ2v) is 7.03. The summed E-state index contributed by atoms with van der Waals surface area (Å²) in [6.45, 7) is 6.42. The van der Waals surface area contributed by atoms with Crippen molar-refractivity contribution < 1.29 is 9.47 Å². The van der Waals surface area contributed by atoms with Crippen LogP contribution < -0.4 is 11.3 Å². The van der Waals surface area contributed by atoms with Crippen LogP contribution in [0.2, 0.25) is 0 Å². The zero-order valence-electron chi connectivity index (χ0n) is 12.7. The first-order valence-corrected chi connectivity index (χ1v) is 7.62. The summed E-state index contributed by atoms with van der Waals surface area (Å²) in [5.74, 6) is 6.46. The van der Waals surface area contributed by atoms with Crippen LogP contribution in [0.5, 0.6) is 0 Å². The number of nitrogens with one attached hydrogen (secondary N) is 1. The van der Waals surface area contributed by atoms with Gasteiger partial charge in [0.1, 0.15) is 0 Å². The lowest BCUT2D eigenvalue weighted by molar-refractivity contribution is -0.108. The maximum absolute atomic E-state index is 6.00. The molecule has 1 aliphatic heterocycles. The Kier molecular flexibility index (Phi) is 4.88. The van der Waals surface area contributed by atoms with E-state index in [1.54, 1.807) is 0 Å². The smallest absolute Gasteiger partial charge is 0.0847 e. The molecule has 1 heterocycles. The molecular formula is C15H30N2O2. The third-order valence-corrected chi connectivity index (χ3v) is 5.34. The molecule has 112 valence electrons. The summed E-state index contributed by atoms with van der Waals surface area (Å²) in [6.07, 6.45) is 6.79. The van der Waals surface area contributed by atoms with Crippen LogP contribution >= 0.6 is 0 Å². The van der Waals surface area contributed by atoms with E-state index in [0.29, 0.717) is 11.3 Å². The standard InChI is InChI=1S/C15H30N2O2/c1-14(2)6-8-15(18-3,9-7-14)13(17-16)12-4-10-19-11-5-12/h12-13,17H,4-11,16H2,1-3H3. The first kappa shape index (κ1) is 15.2. The van der Waals surface area contributed by atoms with Crippen LogP contribution in [0.3, 0.4) is 0 Å². The van der Waals surface area contributed by atoms with E-state index >= 15 is 0 Å². The van der Waals surface area contributed by atoms with E-state index in [1.165, 1.54) is 12.8 Å². The highest BCUT2D eigenvalue weighted by Crippen LogP contribution is 2.45. The molecule has 4 nitrogen and oxygen atoms in total. The summed E-state index contributed by atoms with van der Waals surface area (Å²) in [7, 11) is 1.85. The molecule has 0 aromatic carbocycles. The molecule has 4 heteroatoms. The highest BCUT2D eigenvalue weighted by molar-refractivity contribution is 5.00. The van der Waals surface area contributed by atoms with Crippen LogP contribution in [0.25, 0.3) is 0 Å². The van der Waals surface area contributed by atoms with Crippen LogP contribution in [-0.2, 0) is 9.47 Å². The van der Waals surface area contributed by atoms with E-state index in [-0.39, 0.29) is 11.6 Å². The van der Waals surface area contributed by atoms with Crippen molar-refractivity contribution in [3.8, 4) is 0 Å². The minimum atomic E-state index is -0.0910. The van der Waals surface area contributed by atoms with Gasteiger partial charge >= 0.3 is 0 Å². The predicted molar refractivity (Wildman–Crippen MR) is 76.6 cm³/mol. The summed E-state index contributed by atoms with van der Waals surface area (Å²) in [5, 5.41) is 0. The fraction of sp³-hybridized carbons (Fsp3) is 1.00. The van der Waals surface area contributed by atoms with Gasteiger partial charge in [-0.3, -0.25) is 11.3 Å². The number of ether oxygens (including phenoxy) is 2. The van der Waals surface area contributed by atoms with Gasteiger partial charge in [-0.15, -0.1) is 0 Å². The topological polar surface area (TPSA) is 56.5 Å². The zero-order chi connectivity index (χ0) is 13.9. The van der Waals surface area contributed by atoms with E-state index in [1.807, 2.05) is 7.11 Å². The quantitative estimate of drug-likeness (QED) is 0.607. The average molecular weight is 270 g/mol. The van der Waals surface area contributed by atoms with Crippen LogP contribution in [0.15, 0.2) is 0 Å². The zero-order valence-corrected chi connectivity index (χ0v) is 12.7. The molecule has 1 saturated carbocycles. The Hall–Kier alpha value is -0.160. The SMILES string of the molecule is COC1(C(NN)C2CCOCC2)CCC(C)(C)CC1. The van der Waals surface area contributed by atoms with Crippen molar-refractivity contribution >= 4 is 0 Å². The van der Waals surface area contributed by atoms with Gasteiger partial charge in [-0.2, -0.15) is 0 Å². The first-order chi connectivity index (χ1) is 9.03. The van der Waals surface area contributed by atoms with Crippen molar-refractivity contribution in [3.63, 3.8) is 0 Å². The Balaban J connectivity index is 2.09. The molecule has 1 atom stereocenters. The van der Waals surface area contributed by atoms with Gasteiger partial charge in [0.05, 0.1) is 11.6 Å². The second-order valence-electron chi connectivity index (χ2n) is 7.03. The number of hydrogen-bond acceptors (Lipinski definition) is 4. The van der Waals surface area contributed by atoms with E-state index in [4.69, 9.17) is 15.3 Å². The lowest BCUT2D eigenvalue weighted by Crippen LogP contribution is -2.60. The monoisotopic (exact) mass is 270 g/mol. The van der Waals surface area contributed by atoms with Crippen molar-refractivity contribution in [1.82, 2.24) is 5.43 Å². The molecule has 0 bridgehead atoms. The average Bonchev–Trinajstić information content (AvgIpc) is 2.43. The summed E-state index contributed by atoms with van der Waals surface area (Å²) in [5.41, 5.74) is 3.43. The summed E-state index contributed by atoms with van der Waals surface area (Å²) < 4.78 is 11.5. The van der Waals surface area contributed by atoms with Gasteiger partial charge in [-0.25, -0.2) is 0 Å². The number of methoxy groups -OCH3 is 1. The lowest BCUT2D eigenvalue weighted by atomic mass is 9.66. The van der Waals surface area contributed by atoms with Crippen molar-refractivity contribution in [2.45, 2.75) is 64.0 Å².